The van der Waals surface area contributed by atoms with Crippen molar-refractivity contribution in [3.63, 3.8) is 0 Å². The Hall–Kier alpha value is -1.89. The number of carbonyl (C=O) groups is 7. The van der Waals surface area contributed by atoms with Gasteiger partial charge in [-0.15, -0.1) is 0 Å². The molecule has 4 N–H and O–H groups in total. The van der Waals surface area contributed by atoms with Crippen LogP contribution in [-0.4, -0.2) is 132 Å². The zero-order valence-corrected chi connectivity index (χ0v) is 77.1. The van der Waals surface area contributed by atoms with E-state index in [1.165, 1.54) is 103 Å². The molecule has 0 aromatic carbocycles. The maximum Gasteiger partial charge on any atom is 1.00 e. The fourth-order valence-electron chi connectivity index (χ4n) is 12.4. The molecule has 111 heavy (non-hydrogen) atoms. The number of rotatable bonds is 83. The second kappa shape index (κ2) is 83.2. The van der Waals surface area contributed by atoms with Gasteiger partial charge in [-0.05, 0) is 89.9 Å². The van der Waals surface area contributed by atoms with Gasteiger partial charge in [0.25, 0.3) is 15.6 Å². The first kappa shape index (κ1) is 113. The van der Waals surface area contributed by atoms with Gasteiger partial charge >= 0.3 is 77.1 Å². The minimum absolute atomic E-state index is 0. The van der Waals surface area contributed by atoms with Gasteiger partial charge in [0.05, 0.1) is 77.8 Å². The van der Waals surface area contributed by atoms with E-state index in [1.807, 2.05) is 0 Å². The standard InChI is InChI=1S/C84H158N4O19P2.2Na/c1-7-13-19-25-29-33-37-39-45-49-55-77(90)69-81(92)88-75(71-101-65-61-79(57-51-43-24-18-12-6)107-83(94)59-53-47-41-36-32-28-22-16-10-4)73-105-109(98,99)103-67-63-86-84(95)85-62-66-102-108(96,97)104-72-74(87-80(91)68-76(89)54-48-44-38-34-30-26-20-14-8-2)70-100-64-60-78(56-50-42-23-17-11-5)106-82(93)58-52-46-40-35-31-27-21-15-9-3;;/h35-36,40-41,74-75,78-79H,7-34,37-39,42-73H2,1-6H3,(H,87,91)(H,88,92)(H,96,97)(H,98,99)(H2,85,86,95);;/q;2*+1/p-2/b40-35-,41-36-;;. The van der Waals surface area contributed by atoms with E-state index in [2.05, 4.69) is 87.1 Å². The van der Waals surface area contributed by atoms with Gasteiger partial charge < -0.3 is 68.1 Å². The summed E-state index contributed by atoms with van der Waals surface area (Å²) in [6, 6.07) is -2.88. The third-order valence-corrected chi connectivity index (χ3v) is 20.8. The second-order valence-corrected chi connectivity index (χ2v) is 32.4. The van der Waals surface area contributed by atoms with Crippen molar-refractivity contribution >= 4 is 57.0 Å². The first-order valence-electron chi connectivity index (χ1n) is 43.5. The Balaban J connectivity index is -0.0000583. The molecule has 27 heteroatoms. The number of hydrogen-bond acceptors (Lipinski definition) is 19. The minimum atomic E-state index is -5.06. The number of Topliss-reactive ketones (excluding diaryl/α,β-unsaturated/α-hetero) is 2. The maximum atomic E-state index is 13.3. The van der Waals surface area contributed by atoms with Crippen LogP contribution in [0.25, 0.3) is 0 Å². The summed E-state index contributed by atoms with van der Waals surface area (Å²) in [6.45, 7) is 9.89. The SMILES string of the molecule is CCCCCC/C=C\CCCC(=O)OC(CCCCCCC)CCOCC(COP(=O)([O-])OCCNC(=O)NCCOP(=O)([O-])OCC(COCCC(CCCCCCC)OC(=O)CCC/C=C\CCCCCC)NC(=O)CC(=O)CCCCCCCCCCCC)NC(=O)CC(=O)CCCCCCCCCCC.[Na+].[Na+]. The number of allylic oxidation sites excluding steroid dienone is 4. The van der Waals surface area contributed by atoms with E-state index in [4.69, 9.17) is 37.0 Å². The van der Waals surface area contributed by atoms with Gasteiger partial charge in [0.15, 0.2) is 0 Å². The van der Waals surface area contributed by atoms with Gasteiger partial charge in [-0.2, -0.15) is 0 Å². The van der Waals surface area contributed by atoms with Crippen molar-refractivity contribution in [2.45, 2.75) is 406 Å². The molecule has 0 aliphatic heterocycles. The fourth-order valence-corrected chi connectivity index (χ4v) is 13.9. The molecule has 23 nitrogen and oxygen atoms in total. The Morgan fingerprint density at radius 1 is 0.333 bits per heavy atom. The maximum absolute atomic E-state index is 13.3. The van der Waals surface area contributed by atoms with Crippen LogP contribution in [0, 0.1) is 0 Å². The van der Waals surface area contributed by atoms with Crippen LogP contribution in [0.4, 0.5) is 4.79 Å². The average Bonchev–Trinajstić information content (AvgIpc) is 0.912. The number of phosphoric acid groups is 2. The topological polar surface area (TPSA) is 322 Å². The molecule has 0 aromatic heterocycles. The zero-order valence-electron chi connectivity index (χ0n) is 71.3. The Kier molecular flexibility index (Phi) is 84.9. The molecule has 0 rings (SSSR count). The molecule has 0 aliphatic carbocycles. The van der Waals surface area contributed by atoms with Crippen molar-refractivity contribution in [3.8, 4) is 0 Å². The molecule has 0 spiro atoms. The monoisotopic (exact) mass is 1630 g/mol. The number of esters is 2. The predicted octanol–water partition coefficient (Wildman–Crippen LogP) is 13.2. The molecule has 4 amide bonds. The molecular weight excluding hydrogens is 1480 g/mol. The Morgan fingerprint density at radius 3 is 0.946 bits per heavy atom. The number of phosphoric ester groups is 2. The molecule has 0 aromatic rings. The Morgan fingerprint density at radius 2 is 0.622 bits per heavy atom. The number of ketones is 2. The van der Waals surface area contributed by atoms with Crippen molar-refractivity contribution in [2.75, 3.05) is 65.9 Å². The van der Waals surface area contributed by atoms with Crippen LogP contribution >= 0.6 is 15.6 Å². The third-order valence-electron chi connectivity index (χ3n) is 18.9. The Bertz CT molecular complexity index is 2400. The van der Waals surface area contributed by atoms with Crippen LogP contribution in [0.2, 0.25) is 0 Å². The van der Waals surface area contributed by atoms with E-state index in [1.54, 1.807) is 0 Å². The second-order valence-electron chi connectivity index (χ2n) is 29.6. The number of hydrogen-bond donors (Lipinski definition) is 4. The summed E-state index contributed by atoms with van der Waals surface area (Å²) >= 11 is 0. The number of urea groups is 1. The average molecular weight is 1630 g/mol. The zero-order chi connectivity index (χ0) is 80.2. The van der Waals surface area contributed by atoms with Crippen molar-refractivity contribution in [2.24, 2.45) is 0 Å². The molecule has 0 aliphatic rings. The van der Waals surface area contributed by atoms with E-state index >= 15 is 0 Å². The van der Waals surface area contributed by atoms with Crippen molar-refractivity contribution < 1.29 is 149 Å². The number of unbranched alkanes of at least 4 members (excludes halogenated alkanes) is 35. The van der Waals surface area contributed by atoms with E-state index in [9.17, 15) is 52.5 Å². The first-order valence-corrected chi connectivity index (χ1v) is 46.4. The molecule has 0 saturated heterocycles. The summed E-state index contributed by atoms with van der Waals surface area (Å²) in [5.74, 6) is -2.27. The van der Waals surface area contributed by atoms with Crippen LogP contribution < -0.4 is 90.2 Å². The van der Waals surface area contributed by atoms with E-state index in [0.29, 0.717) is 64.2 Å². The fraction of sp³-hybridized carbons (Fsp3) is 0.869. The molecule has 0 saturated carbocycles. The molecular formula is C84H156N4Na2O19P2. The molecule has 6 atom stereocenters. The summed E-state index contributed by atoms with van der Waals surface area (Å²) < 4.78 is 70.4. The van der Waals surface area contributed by atoms with Crippen molar-refractivity contribution in [1.29, 1.82) is 0 Å². The largest absolute Gasteiger partial charge is 1.00 e. The van der Waals surface area contributed by atoms with E-state index in [-0.39, 0.29) is 135 Å². The van der Waals surface area contributed by atoms with Gasteiger partial charge in [-0.3, -0.25) is 37.9 Å². The number of ether oxygens (including phenoxy) is 4. The molecule has 0 bridgehead atoms. The van der Waals surface area contributed by atoms with Crippen LogP contribution in [0.5, 0.6) is 0 Å². The van der Waals surface area contributed by atoms with E-state index in [0.717, 1.165) is 148 Å². The smallest absolute Gasteiger partial charge is 0.756 e. The van der Waals surface area contributed by atoms with Gasteiger partial charge in [-0.25, -0.2) is 4.79 Å². The van der Waals surface area contributed by atoms with Crippen LogP contribution in [0.1, 0.15) is 382 Å². The van der Waals surface area contributed by atoms with Crippen molar-refractivity contribution in [3.05, 3.63) is 24.3 Å². The number of amides is 4. The summed E-state index contributed by atoms with van der Waals surface area (Å²) in [6.07, 6.45) is 55.7. The van der Waals surface area contributed by atoms with Crippen molar-refractivity contribution in [1.82, 2.24) is 21.3 Å². The molecule has 638 valence electrons. The summed E-state index contributed by atoms with van der Waals surface area (Å²) in [5.41, 5.74) is 0. The van der Waals surface area contributed by atoms with E-state index < -0.39 is 97.1 Å². The Labute approximate surface area is 717 Å². The molecule has 0 heterocycles. The number of nitrogens with one attached hydrogen (secondary N) is 4. The molecule has 6 unspecified atom stereocenters. The third kappa shape index (κ3) is 80.3. The van der Waals surface area contributed by atoms with Crippen LogP contribution in [0.15, 0.2) is 24.3 Å². The quantitative estimate of drug-likeness (QED) is 0.0110. The predicted molar refractivity (Wildman–Crippen MR) is 433 cm³/mol. The molecule has 0 fully saturated rings. The van der Waals surface area contributed by atoms with Gasteiger partial charge in [-0.1, -0.05) is 265 Å². The van der Waals surface area contributed by atoms with Gasteiger partial charge in [0.1, 0.15) is 23.8 Å². The van der Waals surface area contributed by atoms with Gasteiger partial charge in [0, 0.05) is 51.6 Å². The number of carbonyl (C=O) groups excluding carboxylic acids is 7. The summed E-state index contributed by atoms with van der Waals surface area (Å²) in [7, 11) is -10.1. The van der Waals surface area contributed by atoms with Crippen LogP contribution in [0.3, 0.4) is 0 Å². The first-order chi connectivity index (χ1) is 52.8. The van der Waals surface area contributed by atoms with Crippen LogP contribution in [-0.2, 0) is 74.9 Å². The summed E-state index contributed by atoms with van der Waals surface area (Å²) in [5, 5.41) is 10.2. The molecule has 0 radical (unpaired) electrons. The summed E-state index contributed by atoms with van der Waals surface area (Å²) in [4.78, 5) is 117. The normalized spacial score (nSPS) is 13.7. The minimum Gasteiger partial charge on any atom is -0.756 e. The van der Waals surface area contributed by atoms with Gasteiger partial charge in [0.2, 0.25) is 11.8 Å².